The van der Waals surface area contributed by atoms with Crippen LogP contribution in [0.2, 0.25) is 0 Å². The van der Waals surface area contributed by atoms with Gasteiger partial charge in [0, 0.05) is 24.2 Å². The maximum atomic E-state index is 12.8. The van der Waals surface area contributed by atoms with E-state index in [-0.39, 0.29) is 17.7 Å². The molecule has 124 valence electrons. The third-order valence-corrected chi connectivity index (χ3v) is 4.81. The summed E-state index contributed by atoms with van der Waals surface area (Å²) in [5, 5.41) is 3.40. The molecule has 2 heterocycles. The van der Waals surface area contributed by atoms with E-state index in [2.05, 4.69) is 5.32 Å². The van der Waals surface area contributed by atoms with Crippen molar-refractivity contribution >= 4 is 11.7 Å². The molecule has 2 fully saturated rings. The zero-order chi connectivity index (χ0) is 16.4. The van der Waals surface area contributed by atoms with Gasteiger partial charge in [0.1, 0.15) is 5.75 Å². The Labute approximate surface area is 137 Å². The number of carbonyl (C=O) groups excluding carboxylic acids is 2. The van der Waals surface area contributed by atoms with Crippen LogP contribution in [-0.4, -0.2) is 47.9 Å². The van der Waals surface area contributed by atoms with Crippen LogP contribution in [-0.2, 0) is 4.79 Å². The number of hydrogen-bond acceptors (Lipinski definition) is 4. The van der Waals surface area contributed by atoms with Gasteiger partial charge >= 0.3 is 0 Å². The third kappa shape index (κ3) is 3.39. The summed E-state index contributed by atoms with van der Waals surface area (Å²) in [5.74, 6) is 0.610. The molecule has 2 aliphatic heterocycles. The first-order valence-electron chi connectivity index (χ1n) is 8.37. The molecule has 3 atom stereocenters. The summed E-state index contributed by atoms with van der Waals surface area (Å²) in [6.07, 6.45) is 2.62. The number of nitrogens with one attached hydrogen (secondary N) is 1. The van der Waals surface area contributed by atoms with Gasteiger partial charge in [0.25, 0.3) is 5.91 Å². The number of ether oxygens (including phenoxy) is 1. The highest BCUT2D eigenvalue weighted by atomic mass is 16.5. The first-order chi connectivity index (χ1) is 11.1. The average Bonchev–Trinajstić information content (AvgIpc) is 2.79. The fraction of sp³-hybridized carbons (Fsp3) is 0.556. The molecule has 2 aliphatic rings. The van der Waals surface area contributed by atoms with Crippen molar-refractivity contribution in [1.82, 2.24) is 10.2 Å². The molecule has 0 spiro atoms. The average molecular weight is 316 g/mol. The molecule has 3 rings (SSSR count). The molecule has 1 aromatic rings. The van der Waals surface area contributed by atoms with Crippen molar-refractivity contribution in [2.75, 3.05) is 13.1 Å². The second kappa shape index (κ2) is 6.71. The Balaban J connectivity index is 1.70. The van der Waals surface area contributed by atoms with Crippen LogP contribution in [0, 0.1) is 0 Å². The van der Waals surface area contributed by atoms with E-state index in [1.165, 1.54) is 6.92 Å². The monoisotopic (exact) mass is 316 g/mol. The predicted octanol–water partition coefficient (Wildman–Crippen LogP) is 2.01. The number of ketones is 1. The minimum atomic E-state index is -0.543. The lowest BCUT2D eigenvalue weighted by atomic mass is 10.1. The molecule has 0 aromatic heterocycles. The maximum Gasteiger partial charge on any atom is 0.263 e. The molecule has 5 nitrogen and oxygen atoms in total. The van der Waals surface area contributed by atoms with Gasteiger partial charge in [-0.2, -0.15) is 0 Å². The van der Waals surface area contributed by atoms with Gasteiger partial charge in [0.2, 0.25) is 0 Å². The smallest absolute Gasteiger partial charge is 0.263 e. The van der Waals surface area contributed by atoms with Crippen molar-refractivity contribution in [2.45, 2.75) is 51.3 Å². The highest BCUT2D eigenvalue weighted by Crippen LogP contribution is 2.29. The predicted molar refractivity (Wildman–Crippen MR) is 87.7 cm³/mol. The molecule has 2 bridgehead atoms. The molecule has 23 heavy (non-hydrogen) atoms. The summed E-state index contributed by atoms with van der Waals surface area (Å²) in [7, 11) is 0. The Kier molecular flexibility index (Phi) is 4.66. The highest BCUT2D eigenvalue weighted by molar-refractivity contribution is 5.94. The van der Waals surface area contributed by atoms with Crippen molar-refractivity contribution < 1.29 is 14.3 Å². The standard InChI is InChI=1S/C18H24N2O3/c1-12(21)14-4-3-5-17(10-14)23-13(2)18(22)20-15-6-7-16(20)11-19-9-8-15/h3-5,10,13,15-16,19H,6-9,11H2,1-2H3. The van der Waals surface area contributed by atoms with E-state index < -0.39 is 6.10 Å². The van der Waals surface area contributed by atoms with Gasteiger partial charge in [0.05, 0.1) is 0 Å². The second-order valence-corrected chi connectivity index (χ2v) is 6.47. The number of Topliss-reactive ketones (excluding diaryl/α,β-unsaturated/α-hetero) is 1. The molecular formula is C18H24N2O3. The molecule has 0 radical (unpaired) electrons. The first kappa shape index (κ1) is 16.0. The zero-order valence-corrected chi connectivity index (χ0v) is 13.7. The van der Waals surface area contributed by atoms with E-state index >= 15 is 0 Å². The fourth-order valence-corrected chi connectivity index (χ4v) is 3.60. The fourth-order valence-electron chi connectivity index (χ4n) is 3.60. The van der Waals surface area contributed by atoms with E-state index in [1.807, 2.05) is 4.90 Å². The van der Waals surface area contributed by atoms with Crippen LogP contribution in [0.15, 0.2) is 24.3 Å². The van der Waals surface area contributed by atoms with Crippen molar-refractivity contribution in [3.8, 4) is 5.75 Å². The highest BCUT2D eigenvalue weighted by Gasteiger charge is 2.40. The molecule has 2 saturated heterocycles. The normalized spacial score (nSPS) is 24.9. The Morgan fingerprint density at radius 3 is 2.83 bits per heavy atom. The van der Waals surface area contributed by atoms with Crippen LogP contribution in [0.3, 0.4) is 0 Å². The minimum absolute atomic E-state index is 0.00827. The van der Waals surface area contributed by atoms with Gasteiger partial charge in [-0.15, -0.1) is 0 Å². The Morgan fingerprint density at radius 1 is 1.26 bits per heavy atom. The van der Waals surface area contributed by atoms with Crippen molar-refractivity contribution in [3.05, 3.63) is 29.8 Å². The number of fused-ring (bicyclic) bond motifs is 2. The Bertz CT molecular complexity index is 588. The number of benzene rings is 1. The summed E-state index contributed by atoms with van der Waals surface area (Å²) in [5.41, 5.74) is 0.598. The van der Waals surface area contributed by atoms with Crippen molar-refractivity contribution in [2.24, 2.45) is 0 Å². The molecule has 5 heteroatoms. The maximum absolute atomic E-state index is 12.8. The van der Waals surface area contributed by atoms with E-state index in [4.69, 9.17) is 4.74 Å². The Morgan fingerprint density at radius 2 is 2.04 bits per heavy atom. The van der Waals surface area contributed by atoms with Gasteiger partial charge in [-0.05, 0) is 51.8 Å². The molecule has 1 N–H and O–H groups in total. The Hall–Kier alpha value is -1.88. The lowest BCUT2D eigenvalue weighted by molar-refractivity contribution is -0.140. The molecule has 3 unspecified atom stereocenters. The quantitative estimate of drug-likeness (QED) is 0.863. The molecule has 0 aliphatic carbocycles. The summed E-state index contributed by atoms with van der Waals surface area (Å²) in [4.78, 5) is 26.3. The van der Waals surface area contributed by atoms with Gasteiger partial charge < -0.3 is 15.0 Å². The van der Waals surface area contributed by atoms with E-state index in [1.54, 1.807) is 31.2 Å². The molecule has 1 amide bonds. The lowest BCUT2D eigenvalue weighted by Gasteiger charge is -2.30. The van der Waals surface area contributed by atoms with Gasteiger partial charge in [-0.25, -0.2) is 0 Å². The van der Waals surface area contributed by atoms with Crippen LogP contribution < -0.4 is 10.1 Å². The first-order valence-corrected chi connectivity index (χ1v) is 8.37. The number of carbonyl (C=O) groups is 2. The summed E-state index contributed by atoms with van der Waals surface area (Å²) in [6.45, 7) is 5.16. The van der Waals surface area contributed by atoms with Gasteiger partial charge in [-0.1, -0.05) is 12.1 Å². The van der Waals surface area contributed by atoms with E-state index in [9.17, 15) is 9.59 Å². The SMILES string of the molecule is CC(=O)c1cccc(OC(C)C(=O)N2C3CCNCC2CC3)c1. The number of amides is 1. The largest absolute Gasteiger partial charge is 0.481 e. The van der Waals surface area contributed by atoms with Crippen LogP contribution in [0.5, 0.6) is 5.75 Å². The topological polar surface area (TPSA) is 58.6 Å². The minimum Gasteiger partial charge on any atom is -0.481 e. The number of hydrogen-bond donors (Lipinski definition) is 1. The summed E-state index contributed by atoms with van der Waals surface area (Å²) >= 11 is 0. The van der Waals surface area contributed by atoms with E-state index in [0.717, 1.165) is 32.4 Å². The summed E-state index contributed by atoms with van der Waals surface area (Å²) in [6, 6.07) is 7.63. The summed E-state index contributed by atoms with van der Waals surface area (Å²) < 4.78 is 5.82. The van der Waals surface area contributed by atoms with Crippen molar-refractivity contribution in [3.63, 3.8) is 0 Å². The second-order valence-electron chi connectivity index (χ2n) is 6.47. The van der Waals surface area contributed by atoms with Crippen LogP contribution >= 0.6 is 0 Å². The van der Waals surface area contributed by atoms with Gasteiger partial charge in [-0.3, -0.25) is 9.59 Å². The number of nitrogens with zero attached hydrogens (tertiary/aromatic N) is 1. The van der Waals surface area contributed by atoms with Crippen LogP contribution in [0.4, 0.5) is 0 Å². The third-order valence-electron chi connectivity index (χ3n) is 4.81. The molecular weight excluding hydrogens is 292 g/mol. The number of rotatable bonds is 4. The van der Waals surface area contributed by atoms with E-state index in [0.29, 0.717) is 17.4 Å². The molecule has 1 aromatic carbocycles. The van der Waals surface area contributed by atoms with Crippen LogP contribution in [0.25, 0.3) is 0 Å². The van der Waals surface area contributed by atoms with Crippen molar-refractivity contribution in [1.29, 1.82) is 0 Å². The lowest BCUT2D eigenvalue weighted by Crippen LogP contribution is -2.48. The molecule has 0 saturated carbocycles. The van der Waals surface area contributed by atoms with Crippen LogP contribution in [0.1, 0.15) is 43.5 Å². The zero-order valence-electron chi connectivity index (χ0n) is 13.7. The van der Waals surface area contributed by atoms with Gasteiger partial charge in [0.15, 0.2) is 11.9 Å².